The molecule has 0 unspecified atom stereocenters. The predicted octanol–water partition coefficient (Wildman–Crippen LogP) is 4.22. The van der Waals surface area contributed by atoms with Gasteiger partial charge in [-0.15, -0.1) is 23.1 Å². The van der Waals surface area contributed by atoms with Crippen LogP contribution in [0.3, 0.4) is 0 Å². The minimum atomic E-state index is 0.557. The van der Waals surface area contributed by atoms with Crippen molar-refractivity contribution < 1.29 is 0 Å². The van der Waals surface area contributed by atoms with E-state index in [1.165, 1.54) is 21.0 Å². The number of benzene rings is 1. The highest BCUT2D eigenvalue weighted by Gasteiger charge is 2.11. The lowest BCUT2D eigenvalue weighted by Gasteiger charge is -2.23. The average molecular weight is 313 g/mol. The third kappa shape index (κ3) is 3.45. The Hall–Kier alpha value is -0.680. The zero-order valence-corrected chi connectivity index (χ0v) is 13.4. The zero-order valence-electron chi connectivity index (χ0n) is 11.0. The first-order chi connectivity index (χ1) is 9.15. The van der Waals surface area contributed by atoms with Gasteiger partial charge in [0.25, 0.3) is 0 Å². The minimum absolute atomic E-state index is 0.557. The van der Waals surface area contributed by atoms with Crippen LogP contribution in [-0.2, 0) is 13.1 Å². The quantitative estimate of drug-likeness (QED) is 0.838. The van der Waals surface area contributed by atoms with E-state index in [-0.39, 0.29) is 0 Å². The highest BCUT2D eigenvalue weighted by Crippen LogP contribution is 2.30. The fraction of sp³-hybridized carbons (Fsp3) is 0.286. The molecule has 0 spiro atoms. The summed E-state index contributed by atoms with van der Waals surface area (Å²) in [6.45, 7) is 1.41. The van der Waals surface area contributed by atoms with Crippen LogP contribution in [0.25, 0.3) is 0 Å². The summed E-state index contributed by atoms with van der Waals surface area (Å²) < 4.78 is 0.834. The van der Waals surface area contributed by atoms with Gasteiger partial charge in [-0.25, -0.2) is 0 Å². The van der Waals surface area contributed by atoms with Crippen molar-refractivity contribution >= 4 is 40.4 Å². The van der Waals surface area contributed by atoms with E-state index >= 15 is 0 Å². The molecule has 1 aromatic heterocycles. The Morgan fingerprint density at radius 2 is 2.11 bits per heavy atom. The van der Waals surface area contributed by atoms with Crippen LogP contribution in [-0.4, -0.2) is 13.3 Å². The normalized spacial score (nSPS) is 10.7. The molecular formula is C14H17ClN2S2. The Labute approximate surface area is 127 Å². The Balaban J connectivity index is 2.25. The van der Waals surface area contributed by atoms with E-state index in [1.54, 1.807) is 23.1 Å². The Morgan fingerprint density at radius 3 is 2.68 bits per heavy atom. The number of hydrogen-bond acceptors (Lipinski definition) is 4. The van der Waals surface area contributed by atoms with Gasteiger partial charge in [0, 0.05) is 34.6 Å². The maximum absolute atomic E-state index is 5.97. The molecule has 0 aliphatic heterocycles. The highest BCUT2D eigenvalue weighted by molar-refractivity contribution is 7.98. The van der Waals surface area contributed by atoms with Gasteiger partial charge in [-0.2, -0.15) is 0 Å². The first-order valence-corrected chi connectivity index (χ1v) is 8.39. The van der Waals surface area contributed by atoms with Crippen molar-refractivity contribution in [2.75, 3.05) is 18.2 Å². The molecule has 0 amide bonds. The molecule has 0 bridgehead atoms. The maximum atomic E-state index is 5.97. The molecule has 2 aromatic rings. The monoisotopic (exact) mass is 312 g/mol. The van der Waals surface area contributed by atoms with Crippen molar-refractivity contribution in [3.8, 4) is 0 Å². The SMILES string of the molecule is CSc1cccc(N(C)Cc2ccc(Cl)s2)c1CN. The van der Waals surface area contributed by atoms with Crippen LogP contribution >= 0.6 is 34.7 Å². The second kappa shape index (κ2) is 6.66. The van der Waals surface area contributed by atoms with Gasteiger partial charge in [-0.3, -0.25) is 0 Å². The van der Waals surface area contributed by atoms with E-state index in [0.717, 1.165) is 10.9 Å². The molecular weight excluding hydrogens is 296 g/mol. The Morgan fingerprint density at radius 1 is 1.32 bits per heavy atom. The van der Waals surface area contributed by atoms with Crippen LogP contribution in [0.5, 0.6) is 0 Å². The van der Waals surface area contributed by atoms with Crippen molar-refractivity contribution in [3.63, 3.8) is 0 Å². The summed E-state index contributed by atoms with van der Waals surface area (Å²) in [7, 11) is 2.09. The van der Waals surface area contributed by atoms with Crippen molar-refractivity contribution in [3.05, 3.63) is 45.1 Å². The molecule has 0 atom stereocenters. The van der Waals surface area contributed by atoms with Crippen LogP contribution in [0, 0.1) is 0 Å². The Bertz CT molecular complexity index is 554. The van der Waals surface area contributed by atoms with Gasteiger partial charge in [0.1, 0.15) is 0 Å². The van der Waals surface area contributed by atoms with Crippen LogP contribution in [0.4, 0.5) is 5.69 Å². The standard InChI is InChI=1S/C14H17ClN2S2/c1-17(9-10-6-7-14(15)19-10)12-4-3-5-13(18-2)11(12)8-16/h3-7H,8-9,16H2,1-2H3. The van der Waals surface area contributed by atoms with Crippen LogP contribution in [0.15, 0.2) is 35.2 Å². The van der Waals surface area contributed by atoms with Crippen molar-refractivity contribution in [2.24, 2.45) is 5.73 Å². The van der Waals surface area contributed by atoms with Crippen LogP contribution in [0.1, 0.15) is 10.4 Å². The largest absolute Gasteiger partial charge is 0.369 e. The van der Waals surface area contributed by atoms with E-state index < -0.39 is 0 Å². The third-order valence-electron chi connectivity index (χ3n) is 2.97. The molecule has 0 aliphatic carbocycles. The molecule has 102 valence electrons. The Kier molecular flexibility index (Phi) is 5.16. The lowest BCUT2D eigenvalue weighted by Crippen LogP contribution is -2.18. The summed E-state index contributed by atoms with van der Waals surface area (Å²) in [5.41, 5.74) is 8.31. The fourth-order valence-electron chi connectivity index (χ4n) is 2.06. The smallest absolute Gasteiger partial charge is 0.0931 e. The molecule has 2 nitrogen and oxygen atoms in total. The summed E-state index contributed by atoms with van der Waals surface area (Å²) in [5, 5.41) is 0. The lowest BCUT2D eigenvalue weighted by molar-refractivity contribution is 0.906. The molecule has 2 N–H and O–H groups in total. The molecule has 0 radical (unpaired) electrons. The number of rotatable bonds is 5. The van der Waals surface area contributed by atoms with Gasteiger partial charge >= 0.3 is 0 Å². The zero-order chi connectivity index (χ0) is 13.8. The number of halogens is 1. The van der Waals surface area contributed by atoms with Gasteiger partial charge in [0.2, 0.25) is 0 Å². The lowest BCUT2D eigenvalue weighted by atomic mass is 10.1. The molecule has 2 rings (SSSR count). The number of thioether (sulfide) groups is 1. The maximum Gasteiger partial charge on any atom is 0.0931 e. The van der Waals surface area contributed by atoms with Crippen LogP contribution < -0.4 is 10.6 Å². The number of hydrogen-bond donors (Lipinski definition) is 1. The van der Waals surface area contributed by atoms with E-state index in [1.807, 2.05) is 6.07 Å². The van der Waals surface area contributed by atoms with Gasteiger partial charge in [0.05, 0.1) is 10.9 Å². The molecule has 1 heterocycles. The van der Waals surface area contributed by atoms with Crippen molar-refractivity contribution in [1.29, 1.82) is 0 Å². The first-order valence-electron chi connectivity index (χ1n) is 5.97. The fourth-order valence-corrected chi connectivity index (χ4v) is 3.85. The summed E-state index contributed by atoms with van der Waals surface area (Å²) in [6.07, 6.45) is 2.08. The molecule has 1 aromatic carbocycles. The second-order valence-electron chi connectivity index (χ2n) is 4.22. The summed E-state index contributed by atoms with van der Waals surface area (Å²) in [5.74, 6) is 0. The second-order valence-corrected chi connectivity index (χ2v) is 6.87. The van der Waals surface area contributed by atoms with E-state index in [2.05, 4.69) is 42.5 Å². The van der Waals surface area contributed by atoms with Crippen molar-refractivity contribution in [2.45, 2.75) is 18.0 Å². The van der Waals surface area contributed by atoms with E-state index in [4.69, 9.17) is 17.3 Å². The van der Waals surface area contributed by atoms with Gasteiger partial charge in [-0.05, 0) is 30.5 Å². The number of thiophene rings is 1. The predicted molar refractivity (Wildman–Crippen MR) is 87.6 cm³/mol. The molecule has 0 saturated carbocycles. The van der Waals surface area contributed by atoms with Crippen molar-refractivity contribution in [1.82, 2.24) is 0 Å². The first kappa shape index (κ1) is 14.7. The highest BCUT2D eigenvalue weighted by atomic mass is 35.5. The molecule has 19 heavy (non-hydrogen) atoms. The topological polar surface area (TPSA) is 29.3 Å². The molecule has 5 heteroatoms. The van der Waals surface area contributed by atoms with Gasteiger partial charge in [-0.1, -0.05) is 17.7 Å². The third-order valence-corrected chi connectivity index (χ3v) is 5.00. The van der Waals surface area contributed by atoms with E-state index in [9.17, 15) is 0 Å². The average Bonchev–Trinajstić information content (AvgIpc) is 2.82. The molecule has 0 aliphatic rings. The minimum Gasteiger partial charge on any atom is -0.369 e. The summed E-state index contributed by atoms with van der Waals surface area (Å²) in [4.78, 5) is 4.73. The van der Waals surface area contributed by atoms with Gasteiger partial charge in [0.15, 0.2) is 0 Å². The molecule has 0 fully saturated rings. The number of nitrogens with two attached hydrogens (primary N) is 1. The number of nitrogens with zero attached hydrogens (tertiary/aromatic N) is 1. The van der Waals surface area contributed by atoms with E-state index in [0.29, 0.717) is 6.54 Å². The summed E-state index contributed by atoms with van der Waals surface area (Å²) >= 11 is 9.33. The molecule has 0 saturated heterocycles. The van der Waals surface area contributed by atoms with Crippen LogP contribution in [0.2, 0.25) is 4.34 Å². The number of anilines is 1. The van der Waals surface area contributed by atoms with Gasteiger partial charge < -0.3 is 10.6 Å². The summed E-state index contributed by atoms with van der Waals surface area (Å²) in [6, 6.07) is 10.3.